The first-order chi connectivity index (χ1) is 12.7. The van der Waals surface area contributed by atoms with Crippen molar-refractivity contribution in [3.8, 4) is 0 Å². The van der Waals surface area contributed by atoms with Crippen LogP contribution >= 0.6 is 11.3 Å². The molecule has 0 saturated heterocycles. The zero-order valence-corrected chi connectivity index (χ0v) is 17.0. The van der Waals surface area contributed by atoms with E-state index in [1.54, 1.807) is 6.07 Å². The molecule has 0 bridgehead atoms. The van der Waals surface area contributed by atoms with Crippen LogP contribution in [0.15, 0.2) is 18.2 Å². The van der Waals surface area contributed by atoms with Gasteiger partial charge in [0.1, 0.15) is 0 Å². The molecule has 2 aromatic rings. The summed E-state index contributed by atoms with van der Waals surface area (Å²) >= 11 is 1.50. The first kappa shape index (κ1) is 20.6. The van der Waals surface area contributed by atoms with Crippen molar-refractivity contribution >= 4 is 34.8 Å². The number of ether oxygens (including phenoxy) is 1. The van der Waals surface area contributed by atoms with Gasteiger partial charge in [0.15, 0.2) is 6.61 Å². The molecule has 2 amide bonds. The predicted molar refractivity (Wildman–Crippen MR) is 106 cm³/mol. The fourth-order valence-corrected chi connectivity index (χ4v) is 3.74. The maximum atomic E-state index is 12.1. The fourth-order valence-electron chi connectivity index (χ4n) is 2.83. The summed E-state index contributed by atoms with van der Waals surface area (Å²) in [6.07, 6.45) is 0. The molecule has 0 fully saturated rings. The minimum Gasteiger partial charge on any atom is -0.452 e. The third kappa shape index (κ3) is 5.65. The number of esters is 1. The van der Waals surface area contributed by atoms with Gasteiger partial charge in [0.25, 0.3) is 5.91 Å². The molecule has 1 aromatic carbocycles. The van der Waals surface area contributed by atoms with Crippen molar-refractivity contribution in [2.75, 3.05) is 18.5 Å². The SMILES string of the molecule is Cc1cc(C)c(NC(=O)CNC(=O)COC(=O)c2cc(C)sc2C)c(C)c1. The highest BCUT2D eigenvalue weighted by Crippen LogP contribution is 2.22. The van der Waals surface area contributed by atoms with Crippen molar-refractivity contribution in [1.82, 2.24) is 5.32 Å². The highest BCUT2D eigenvalue weighted by Gasteiger charge is 2.15. The molecule has 0 radical (unpaired) electrons. The van der Waals surface area contributed by atoms with Gasteiger partial charge in [0.05, 0.1) is 12.1 Å². The molecule has 27 heavy (non-hydrogen) atoms. The Labute approximate surface area is 162 Å². The normalized spacial score (nSPS) is 10.4. The van der Waals surface area contributed by atoms with Crippen LogP contribution in [0.4, 0.5) is 5.69 Å². The van der Waals surface area contributed by atoms with Gasteiger partial charge in [-0.15, -0.1) is 11.3 Å². The van der Waals surface area contributed by atoms with Gasteiger partial charge in [-0.2, -0.15) is 0 Å². The van der Waals surface area contributed by atoms with E-state index >= 15 is 0 Å². The monoisotopic (exact) mass is 388 g/mol. The van der Waals surface area contributed by atoms with Crippen molar-refractivity contribution in [3.05, 3.63) is 50.2 Å². The largest absolute Gasteiger partial charge is 0.452 e. The van der Waals surface area contributed by atoms with Crippen LogP contribution in [0, 0.1) is 34.6 Å². The van der Waals surface area contributed by atoms with E-state index in [2.05, 4.69) is 10.6 Å². The predicted octanol–water partition coefficient (Wildman–Crippen LogP) is 3.20. The topological polar surface area (TPSA) is 84.5 Å². The number of benzene rings is 1. The molecule has 144 valence electrons. The zero-order chi connectivity index (χ0) is 20.1. The van der Waals surface area contributed by atoms with Crippen molar-refractivity contribution in [2.24, 2.45) is 0 Å². The minimum atomic E-state index is -0.539. The number of carbonyl (C=O) groups excluding carboxylic acids is 3. The second-order valence-corrected chi connectivity index (χ2v) is 7.96. The average Bonchev–Trinajstić information content (AvgIpc) is 2.92. The van der Waals surface area contributed by atoms with E-state index in [1.165, 1.54) is 11.3 Å². The van der Waals surface area contributed by atoms with Gasteiger partial charge in [-0.25, -0.2) is 4.79 Å². The van der Waals surface area contributed by atoms with Gasteiger partial charge >= 0.3 is 5.97 Å². The van der Waals surface area contributed by atoms with E-state index in [-0.39, 0.29) is 12.5 Å². The lowest BCUT2D eigenvalue weighted by Crippen LogP contribution is -2.35. The van der Waals surface area contributed by atoms with E-state index in [9.17, 15) is 14.4 Å². The highest BCUT2D eigenvalue weighted by molar-refractivity contribution is 7.12. The van der Waals surface area contributed by atoms with Gasteiger partial charge in [-0.05, 0) is 51.8 Å². The van der Waals surface area contributed by atoms with Gasteiger partial charge < -0.3 is 15.4 Å². The molecule has 1 aromatic heterocycles. The number of nitrogens with one attached hydrogen (secondary N) is 2. The van der Waals surface area contributed by atoms with Gasteiger partial charge in [-0.3, -0.25) is 9.59 Å². The van der Waals surface area contributed by atoms with Crippen LogP contribution < -0.4 is 10.6 Å². The molecule has 0 aliphatic carbocycles. The van der Waals surface area contributed by atoms with Gasteiger partial charge in [-0.1, -0.05) is 17.7 Å². The first-order valence-electron chi connectivity index (χ1n) is 8.56. The summed E-state index contributed by atoms with van der Waals surface area (Å²) in [5.41, 5.74) is 4.25. The number of anilines is 1. The Morgan fingerprint density at radius 2 is 1.59 bits per heavy atom. The molecule has 7 heteroatoms. The van der Waals surface area contributed by atoms with Crippen LogP contribution in [-0.4, -0.2) is 30.9 Å². The molecule has 0 aliphatic rings. The lowest BCUT2D eigenvalue weighted by molar-refractivity contribution is -0.126. The number of aryl methyl sites for hydroxylation is 5. The first-order valence-corrected chi connectivity index (χ1v) is 9.37. The van der Waals surface area contributed by atoms with E-state index in [1.807, 2.05) is 46.8 Å². The average molecular weight is 388 g/mol. The van der Waals surface area contributed by atoms with Crippen molar-refractivity contribution in [3.63, 3.8) is 0 Å². The molecule has 6 nitrogen and oxygen atoms in total. The molecule has 0 atom stereocenters. The quantitative estimate of drug-likeness (QED) is 0.744. The molecule has 2 N–H and O–H groups in total. The lowest BCUT2D eigenvalue weighted by Gasteiger charge is -2.13. The van der Waals surface area contributed by atoms with E-state index in [0.29, 0.717) is 5.56 Å². The van der Waals surface area contributed by atoms with Crippen LogP contribution in [0.25, 0.3) is 0 Å². The third-order valence-corrected chi connectivity index (χ3v) is 4.95. The van der Waals surface area contributed by atoms with Crippen LogP contribution in [0.3, 0.4) is 0 Å². The molecule has 0 saturated carbocycles. The Balaban J connectivity index is 1.81. The van der Waals surface area contributed by atoms with Crippen molar-refractivity contribution in [2.45, 2.75) is 34.6 Å². The number of rotatable bonds is 6. The number of carbonyl (C=O) groups is 3. The molecule has 1 heterocycles. The minimum absolute atomic E-state index is 0.195. The number of hydrogen-bond acceptors (Lipinski definition) is 5. The Kier molecular flexibility index (Phi) is 6.74. The molecule has 0 spiro atoms. The van der Waals surface area contributed by atoms with Gasteiger partial charge in [0.2, 0.25) is 5.91 Å². The Morgan fingerprint density at radius 1 is 0.963 bits per heavy atom. The van der Waals surface area contributed by atoms with E-state index < -0.39 is 18.5 Å². The van der Waals surface area contributed by atoms with Crippen LogP contribution in [-0.2, 0) is 14.3 Å². The molecular weight excluding hydrogens is 364 g/mol. The summed E-state index contributed by atoms with van der Waals surface area (Å²) in [6, 6.07) is 5.70. The molecule has 0 aliphatic heterocycles. The van der Waals surface area contributed by atoms with Gasteiger partial charge in [0, 0.05) is 15.4 Å². The summed E-state index contributed by atoms with van der Waals surface area (Å²) < 4.78 is 5.01. The number of hydrogen-bond donors (Lipinski definition) is 2. The summed E-state index contributed by atoms with van der Waals surface area (Å²) in [6.45, 7) is 8.93. The third-order valence-electron chi connectivity index (χ3n) is 3.98. The Hall–Kier alpha value is -2.67. The van der Waals surface area contributed by atoms with Crippen molar-refractivity contribution < 1.29 is 19.1 Å². The zero-order valence-electron chi connectivity index (χ0n) is 16.2. The molecular formula is C20H24N2O4S. The number of thiophene rings is 1. The van der Waals surface area contributed by atoms with Crippen LogP contribution in [0.2, 0.25) is 0 Å². The maximum Gasteiger partial charge on any atom is 0.339 e. The van der Waals surface area contributed by atoms with Crippen molar-refractivity contribution in [1.29, 1.82) is 0 Å². The summed E-state index contributed by atoms with van der Waals surface area (Å²) in [5, 5.41) is 5.26. The second-order valence-electron chi connectivity index (χ2n) is 6.50. The highest BCUT2D eigenvalue weighted by atomic mass is 32.1. The molecule has 2 rings (SSSR count). The Bertz CT molecular complexity index is 863. The van der Waals surface area contributed by atoms with E-state index in [4.69, 9.17) is 4.74 Å². The standard InChI is InChI=1S/C20H24N2O4S/c1-11-6-12(2)19(13(3)7-11)22-17(23)9-21-18(24)10-26-20(25)16-8-14(4)27-15(16)5/h6-8H,9-10H2,1-5H3,(H,21,24)(H,22,23). The molecule has 0 unspecified atom stereocenters. The van der Waals surface area contributed by atoms with Crippen LogP contribution in [0.1, 0.15) is 36.8 Å². The fraction of sp³-hybridized carbons (Fsp3) is 0.350. The Morgan fingerprint density at radius 3 is 2.15 bits per heavy atom. The smallest absolute Gasteiger partial charge is 0.339 e. The summed E-state index contributed by atoms with van der Waals surface area (Å²) in [5.74, 6) is -1.41. The summed E-state index contributed by atoms with van der Waals surface area (Å²) in [4.78, 5) is 37.8. The summed E-state index contributed by atoms with van der Waals surface area (Å²) in [7, 11) is 0. The van der Waals surface area contributed by atoms with E-state index in [0.717, 1.165) is 32.1 Å². The maximum absolute atomic E-state index is 12.1. The second kappa shape index (κ2) is 8.81. The number of amides is 2. The lowest BCUT2D eigenvalue weighted by atomic mass is 10.1. The van der Waals surface area contributed by atoms with Crippen LogP contribution in [0.5, 0.6) is 0 Å².